The summed E-state index contributed by atoms with van der Waals surface area (Å²) < 4.78 is 2.34. The van der Waals surface area contributed by atoms with E-state index in [-0.39, 0.29) is 23.1 Å². The van der Waals surface area contributed by atoms with Gasteiger partial charge >= 0.3 is 0 Å². The highest BCUT2D eigenvalue weighted by Crippen LogP contribution is 2.22. The summed E-state index contributed by atoms with van der Waals surface area (Å²) in [6.07, 6.45) is 11.7. The van der Waals surface area contributed by atoms with Crippen molar-refractivity contribution in [3.8, 4) is 0 Å². The number of aromatic nitrogens is 2. The van der Waals surface area contributed by atoms with Crippen LogP contribution in [0, 0.1) is 0 Å². The number of allylic oxidation sites excluding steroid dienone is 1. The van der Waals surface area contributed by atoms with E-state index in [2.05, 4.69) is 28.8 Å². The first-order valence-electron chi connectivity index (χ1n) is 14.0. The Kier molecular flexibility index (Phi) is 11.6. The molecule has 0 saturated carbocycles. The predicted molar refractivity (Wildman–Crippen MR) is 160 cm³/mol. The molecule has 4 rings (SSSR count). The molecule has 39 heavy (non-hydrogen) atoms. The summed E-state index contributed by atoms with van der Waals surface area (Å²) in [5, 5.41) is 8.45. The van der Waals surface area contributed by atoms with Gasteiger partial charge in [0.05, 0.1) is 11.3 Å². The lowest BCUT2D eigenvalue weighted by molar-refractivity contribution is -0.121. The Morgan fingerprint density at radius 2 is 1.79 bits per heavy atom. The third-order valence-electron chi connectivity index (χ3n) is 6.88. The monoisotopic (exact) mass is 566 g/mol. The number of hydrogen-bond acceptors (Lipinski definition) is 6. The fraction of sp³-hybridized carbons (Fsp3) is 0.467. The van der Waals surface area contributed by atoms with Gasteiger partial charge in [-0.3, -0.25) is 19.0 Å². The second-order valence-corrected chi connectivity index (χ2v) is 11.7. The van der Waals surface area contributed by atoms with Crippen molar-refractivity contribution in [1.82, 2.24) is 20.2 Å². The largest absolute Gasteiger partial charge is 0.356 e. The standard InChI is InChI=1S/C30H38N4O3S2/c35-26(31-18-15-23-10-4-1-5-11-23)14-8-3-9-20-34-29(37)28-25(17-21-38-28)33-30(34)39-22-27(36)32-19-16-24-12-6-2-7-13-24/h1,4-5,10-12,17,21H,2-3,6-9,13-16,18-20,22H2,(H,31,35)(H,32,36). The maximum Gasteiger partial charge on any atom is 0.272 e. The highest BCUT2D eigenvalue weighted by Gasteiger charge is 2.14. The van der Waals surface area contributed by atoms with E-state index in [1.165, 1.54) is 47.1 Å². The van der Waals surface area contributed by atoms with E-state index in [0.717, 1.165) is 44.9 Å². The number of thioether (sulfide) groups is 1. The van der Waals surface area contributed by atoms with Gasteiger partial charge in [-0.15, -0.1) is 11.3 Å². The van der Waals surface area contributed by atoms with Gasteiger partial charge in [0, 0.05) is 26.1 Å². The fourth-order valence-electron chi connectivity index (χ4n) is 4.72. The van der Waals surface area contributed by atoms with Crippen LogP contribution < -0.4 is 16.2 Å². The normalized spacial score (nSPS) is 13.3. The van der Waals surface area contributed by atoms with Crippen LogP contribution in [0.1, 0.15) is 63.4 Å². The van der Waals surface area contributed by atoms with Gasteiger partial charge in [0.15, 0.2) is 5.16 Å². The second-order valence-electron chi connectivity index (χ2n) is 9.88. The first-order valence-corrected chi connectivity index (χ1v) is 15.8. The number of fused-ring (bicyclic) bond motifs is 1. The van der Waals surface area contributed by atoms with Crippen molar-refractivity contribution in [1.29, 1.82) is 0 Å². The zero-order valence-corrected chi connectivity index (χ0v) is 24.1. The number of amides is 2. The average molecular weight is 567 g/mol. The molecule has 2 aromatic heterocycles. The topological polar surface area (TPSA) is 93.1 Å². The number of nitrogens with one attached hydrogen (secondary N) is 2. The van der Waals surface area contributed by atoms with Gasteiger partial charge < -0.3 is 10.6 Å². The summed E-state index contributed by atoms with van der Waals surface area (Å²) in [4.78, 5) is 42.5. The number of nitrogens with zero attached hydrogens (tertiary/aromatic N) is 2. The molecule has 208 valence electrons. The molecule has 9 heteroatoms. The molecule has 1 aliphatic rings. The molecule has 1 aliphatic carbocycles. The first kappa shape index (κ1) is 29.1. The van der Waals surface area contributed by atoms with E-state index < -0.39 is 0 Å². The summed E-state index contributed by atoms with van der Waals surface area (Å²) in [5.41, 5.74) is 3.28. The van der Waals surface area contributed by atoms with Crippen LogP contribution in [0.4, 0.5) is 0 Å². The Morgan fingerprint density at radius 3 is 2.62 bits per heavy atom. The minimum atomic E-state index is -0.0548. The van der Waals surface area contributed by atoms with Crippen LogP contribution in [0.25, 0.3) is 10.2 Å². The van der Waals surface area contributed by atoms with Crippen molar-refractivity contribution < 1.29 is 9.59 Å². The van der Waals surface area contributed by atoms with Gasteiger partial charge in [0.2, 0.25) is 11.8 Å². The predicted octanol–water partition coefficient (Wildman–Crippen LogP) is 5.48. The van der Waals surface area contributed by atoms with Crippen LogP contribution in [-0.4, -0.2) is 40.2 Å². The molecule has 7 nitrogen and oxygen atoms in total. The summed E-state index contributed by atoms with van der Waals surface area (Å²) in [6.45, 7) is 1.80. The van der Waals surface area contributed by atoms with Gasteiger partial charge in [-0.2, -0.15) is 0 Å². The lowest BCUT2D eigenvalue weighted by atomic mass is 9.97. The molecule has 0 bridgehead atoms. The molecule has 1 aromatic carbocycles. The van der Waals surface area contributed by atoms with Gasteiger partial charge in [-0.05, 0) is 68.4 Å². The molecular weight excluding hydrogens is 528 g/mol. The van der Waals surface area contributed by atoms with Crippen LogP contribution in [0.5, 0.6) is 0 Å². The van der Waals surface area contributed by atoms with Gasteiger partial charge in [0.25, 0.3) is 5.56 Å². The summed E-state index contributed by atoms with van der Waals surface area (Å²) in [7, 11) is 0. The molecule has 2 heterocycles. The zero-order chi connectivity index (χ0) is 27.3. The van der Waals surface area contributed by atoms with Crippen molar-refractivity contribution in [2.75, 3.05) is 18.8 Å². The Morgan fingerprint density at radius 1 is 0.974 bits per heavy atom. The number of thiophene rings is 1. The van der Waals surface area contributed by atoms with E-state index in [9.17, 15) is 14.4 Å². The van der Waals surface area contributed by atoms with Gasteiger partial charge in [-0.25, -0.2) is 4.98 Å². The van der Waals surface area contributed by atoms with Crippen LogP contribution >= 0.6 is 23.1 Å². The highest BCUT2D eigenvalue weighted by atomic mass is 32.2. The second kappa shape index (κ2) is 15.6. The number of benzene rings is 1. The minimum Gasteiger partial charge on any atom is -0.356 e. The lowest BCUT2D eigenvalue weighted by Crippen LogP contribution is -2.28. The Labute approximate surface area is 238 Å². The van der Waals surface area contributed by atoms with Crippen molar-refractivity contribution >= 4 is 45.1 Å². The maximum atomic E-state index is 13.2. The molecule has 0 saturated heterocycles. The van der Waals surface area contributed by atoms with E-state index in [4.69, 9.17) is 4.98 Å². The van der Waals surface area contributed by atoms with Crippen LogP contribution in [-0.2, 0) is 22.6 Å². The van der Waals surface area contributed by atoms with Crippen molar-refractivity contribution in [2.45, 2.75) is 75.9 Å². The van der Waals surface area contributed by atoms with Crippen LogP contribution in [0.3, 0.4) is 0 Å². The molecule has 0 radical (unpaired) electrons. The summed E-state index contributed by atoms with van der Waals surface area (Å²) >= 11 is 2.71. The fourth-order valence-corrected chi connectivity index (χ4v) is 6.35. The average Bonchev–Trinajstić information content (AvgIpc) is 3.43. The highest BCUT2D eigenvalue weighted by molar-refractivity contribution is 7.99. The molecule has 0 fully saturated rings. The molecule has 2 N–H and O–H groups in total. The van der Waals surface area contributed by atoms with E-state index >= 15 is 0 Å². The summed E-state index contributed by atoms with van der Waals surface area (Å²) in [6, 6.07) is 12.0. The number of rotatable bonds is 15. The molecule has 0 atom stereocenters. The third kappa shape index (κ3) is 9.35. The molecule has 3 aromatic rings. The maximum absolute atomic E-state index is 13.2. The quantitative estimate of drug-likeness (QED) is 0.110. The number of carbonyl (C=O) groups excluding carboxylic acids is 2. The molecule has 0 unspecified atom stereocenters. The number of unbranched alkanes of at least 4 members (excludes halogenated alkanes) is 2. The van der Waals surface area contributed by atoms with Gasteiger partial charge in [-0.1, -0.05) is 60.2 Å². The Bertz CT molecular complexity index is 1320. The van der Waals surface area contributed by atoms with Crippen LogP contribution in [0.15, 0.2) is 63.4 Å². The molecule has 2 amide bonds. The zero-order valence-electron chi connectivity index (χ0n) is 22.5. The lowest BCUT2D eigenvalue weighted by Gasteiger charge is -2.14. The smallest absolute Gasteiger partial charge is 0.272 e. The van der Waals surface area contributed by atoms with Crippen molar-refractivity contribution in [3.05, 3.63) is 69.3 Å². The SMILES string of the molecule is O=C(CCCCCn1c(SCC(=O)NCCC2=CCCCC2)nc2ccsc2c1=O)NCCc1ccccc1. The van der Waals surface area contributed by atoms with E-state index in [0.29, 0.717) is 41.4 Å². The molecular formula is C30H38N4O3S2. The first-order chi connectivity index (χ1) is 19.1. The van der Waals surface area contributed by atoms with E-state index in [1.54, 1.807) is 4.57 Å². The van der Waals surface area contributed by atoms with Crippen molar-refractivity contribution in [2.24, 2.45) is 0 Å². The van der Waals surface area contributed by atoms with Gasteiger partial charge in [0.1, 0.15) is 4.70 Å². The van der Waals surface area contributed by atoms with E-state index in [1.807, 2.05) is 29.6 Å². The number of hydrogen-bond donors (Lipinski definition) is 2. The van der Waals surface area contributed by atoms with Crippen molar-refractivity contribution in [3.63, 3.8) is 0 Å². The number of carbonyl (C=O) groups is 2. The molecule has 0 spiro atoms. The Balaban J connectivity index is 1.21. The van der Waals surface area contributed by atoms with Crippen LogP contribution in [0.2, 0.25) is 0 Å². The summed E-state index contributed by atoms with van der Waals surface area (Å²) in [5.74, 6) is 0.247. The molecule has 0 aliphatic heterocycles. The third-order valence-corrected chi connectivity index (χ3v) is 8.75. The Hall–Kier alpha value is -2.91. The minimum absolute atomic E-state index is 0.0408.